The van der Waals surface area contributed by atoms with Gasteiger partial charge < -0.3 is 5.32 Å². The first-order valence-electron chi connectivity index (χ1n) is 12.8. The summed E-state index contributed by atoms with van der Waals surface area (Å²) in [5.41, 5.74) is 1.21. The monoisotopic (exact) mass is 631 g/mol. The highest BCUT2D eigenvalue weighted by Crippen LogP contribution is 2.30. The maximum atomic E-state index is 12.9. The Bertz CT molecular complexity index is 928. The summed E-state index contributed by atoms with van der Waals surface area (Å²) in [6.45, 7) is 3.36. The number of carbonyl (C=O) groups is 1. The molecule has 2 aromatic carbocycles. The van der Waals surface area contributed by atoms with E-state index in [2.05, 4.69) is 49.4 Å². The van der Waals surface area contributed by atoms with Crippen LogP contribution in [0.4, 0.5) is 13.2 Å². The summed E-state index contributed by atoms with van der Waals surface area (Å²) in [7, 11) is 0. The standard InChI is InChI=1S/C28H36Br2F3N2O/c1-2-3-4-5-6-7-8-9-10-11-15-35-27(36)22-17-25(29)24(26(30)18-22)20-34-19-21-13-12-14-23(16-21)28(31,32)33/h12-14,16-18H,2-11,15,19-20H2,1H3,(H,35,36). The van der Waals surface area contributed by atoms with Gasteiger partial charge in [-0.05, 0) is 35.7 Å². The summed E-state index contributed by atoms with van der Waals surface area (Å²) < 4.78 is 40.1. The number of hydrogen-bond acceptors (Lipinski definition) is 1. The molecule has 1 amide bonds. The van der Waals surface area contributed by atoms with Crippen LogP contribution >= 0.6 is 31.9 Å². The highest BCUT2D eigenvalue weighted by atomic mass is 79.9. The number of rotatable bonds is 16. The summed E-state index contributed by atoms with van der Waals surface area (Å²) >= 11 is 7.02. The third-order valence-corrected chi connectivity index (χ3v) is 7.45. The normalized spacial score (nSPS) is 11.6. The largest absolute Gasteiger partial charge is 0.416 e. The van der Waals surface area contributed by atoms with Gasteiger partial charge in [0, 0.05) is 34.1 Å². The van der Waals surface area contributed by atoms with Gasteiger partial charge in [0.05, 0.1) is 5.56 Å². The molecule has 2 rings (SSSR count). The number of unbranched alkanes of at least 4 members (excludes halogenated alkanes) is 9. The molecule has 0 saturated heterocycles. The predicted octanol–water partition coefficient (Wildman–Crippen LogP) is 9.19. The Hall–Kier alpha value is -1.38. The molecule has 3 nitrogen and oxygen atoms in total. The molecule has 0 spiro atoms. The predicted molar refractivity (Wildman–Crippen MR) is 147 cm³/mol. The molecular weight excluding hydrogens is 597 g/mol. The molecule has 36 heavy (non-hydrogen) atoms. The van der Waals surface area contributed by atoms with E-state index in [1.807, 2.05) is 0 Å². The third kappa shape index (κ3) is 11.3. The number of halogens is 5. The lowest BCUT2D eigenvalue weighted by molar-refractivity contribution is -0.137. The van der Waals surface area contributed by atoms with Gasteiger partial charge in [-0.15, -0.1) is 0 Å². The number of amides is 1. The van der Waals surface area contributed by atoms with E-state index in [-0.39, 0.29) is 12.5 Å². The Kier molecular flexibility index (Phi) is 14.1. The fraction of sp³-hybridized carbons (Fsp3) is 0.536. The van der Waals surface area contributed by atoms with Crippen molar-refractivity contribution in [3.8, 4) is 0 Å². The van der Waals surface area contributed by atoms with Gasteiger partial charge in [0.25, 0.3) is 5.91 Å². The maximum Gasteiger partial charge on any atom is 0.416 e. The van der Waals surface area contributed by atoms with Crippen molar-refractivity contribution in [2.24, 2.45) is 0 Å². The van der Waals surface area contributed by atoms with Crippen LogP contribution < -0.4 is 10.6 Å². The first-order valence-corrected chi connectivity index (χ1v) is 14.4. The van der Waals surface area contributed by atoms with Gasteiger partial charge in [0.15, 0.2) is 0 Å². The van der Waals surface area contributed by atoms with Crippen LogP contribution in [-0.4, -0.2) is 12.5 Å². The Labute approximate surface area is 230 Å². The Balaban J connectivity index is 1.72. The first-order chi connectivity index (χ1) is 17.2. The minimum Gasteiger partial charge on any atom is -0.352 e. The molecule has 1 radical (unpaired) electrons. The van der Waals surface area contributed by atoms with E-state index in [1.54, 1.807) is 18.2 Å². The van der Waals surface area contributed by atoms with Gasteiger partial charge in [-0.1, -0.05) is 115 Å². The third-order valence-electron chi connectivity index (χ3n) is 6.04. The highest BCUT2D eigenvalue weighted by Gasteiger charge is 2.30. The van der Waals surface area contributed by atoms with E-state index in [9.17, 15) is 18.0 Å². The van der Waals surface area contributed by atoms with Crippen molar-refractivity contribution in [1.82, 2.24) is 10.6 Å². The molecule has 0 fully saturated rings. The zero-order chi connectivity index (χ0) is 26.4. The Morgan fingerprint density at radius 2 is 1.44 bits per heavy atom. The van der Waals surface area contributed by atoms with Crippen LogP contribution in [0.2, 0.25) is 0 Å². The van der Waals surface area contributed by atoms with Crippen LogP contribution in [-0.2, 0) is 19.3 Å². The van der Waals surface area contributed by atoms with E-state index in [0.717, 1.165) is 39.5 Å². The number of carbonyl (C=O) groups excluding carboxylic acids is 1. The molecular formula is C28H36Br2F3N2O. The minimum atomic E-state index is -4.37. The topological polar surface area (TPSA) is 43.2 Å². The second kappa shape index (κ2) is 16.5. The Morgan fingerprint density at radius 3 is 2.03 bits per heavy atom. The lowest BCUT2D eigenvalue weighted by Gasteiger charge is -2.12. The van der Waals surface area contributed by atoms with Crippen molar-refractivity contribution < 1.29 is 18.0 Å². The van der Waals surface area contributed by atoms with E-state index in [4.69, 9.17) is 0 Å². The SMILES string of the molecule is CCCCCCCCCCCCNC(=O)c1cc(Br)c(C[N]Cc2cccc(C(F)(F)F)c2)c(Br)c1. The second-order valence-corrected chi connectivity index (χ2v) is 10.8. The maximum absolute atomic E-state index is 12.9. The summed E-state index contributed by atoms with van der Waals surface area (Å²) in [6, 6.07) is 8.71. The quantitative estimate of drug-likeness (QED) is 0.184. The molecule has 0 atom stereocenters. The van der Waals surface area contributed by atoms with Crippen molar-refractivity contribution in [2.75, 3.05) is 6.54 Å². The lowest BCUT2D eigenvalue weighted by Crippen LogP contribution is -2.24. The highest BCUT2D eigenvalue weighted by molar-refractivity contribution is 9.11. The number of benzene rings is 2. The molecule has 0 aliphatic rings. The van der Waals surface area contributed by atoms with E-state index in [1.165, 1.54) is 57.4 Å². The van der Waals surface area contributed by atoms with Crippen LogP contribution in [0.15, 0.2) is 45.3 Å². The first kappa shape index (κ1) is 30.8. The lowest BCUT2D eigenvalue weighted by atomic mass is 10.1. The average molecular weight is 633 g/mol. The van der Waals surface area contributed by atoms with Gasteiger partial charge >= 0.3 is 6.18 Å². The molecule has 0 saturated carbocycles. The fourth-order valence-electron chi connectivity index (χ4n) is 3.94. The number of hydrogen-bond donors (Lipinski definition) is 1. The van der Waals surface area contributed by atoms with Crippen molar-refractivity contribution >= 4 is 37.8 Å². The van der Waals surface area contributed by atoms with E-state index >= 15 is 0 Å². The average Bonchev–Trinajstić information content (AvgIpc) is 2.83. The van der Waals surface area contributed by atoms with Gasteiger partial charge in [-0.3, -0.25) is 4.79 Å². The molecule has 0 bridgehead atoms. The second-order valence-electron chi connectivity index (χ2n) is 9.09. The molecule has 0 aliphatic heterocycles. The summed E-state index contributed by atoms with van der Waals surface area (Å²) in [4.78, 5) is 12.6. The zero-order valence-corrected chi connectivity index (χ0v) is 24.1. The van der Waals surface area contributed by atoms with E-state index < -0.39 is 11.7 Å². The summed E-state index contributed by atoms with van der Waals surface area (Å²) in [5.74, 6) is -0.125. The van der Waals surface area contributed by atoms with Crippen LogP contribution in [0.5, 0.6) is 0 Å². The van der Waals surface area contributed by atoms with Crippen LogP contribution in [0.25, 0.3) is 0 Å². The number of nitrogens with zero attached hydrogens (tertiary/aromatic N) is 1. The zero-order valence-electron chi connectivity index (χ0n) is 20.9. The molecule has 0 heterocycles. The molecule has 0 aromatic heterocycles. The molecule has 1 N–H and O–H groups in total. The van der Waals surface area contributed by atoms with Gasteiger partial charge in [-0.2, -0.15) is 13.2 Å². The van der Waals surface area contributed by atoms with Gasteiger partial charge in [-0.25, -0.2) is 5.32 Å². The van der Waals surface area contributed by atoms with Crippen molar-refractivity contribution in [2.45, 2.75) is 90.4 Å². The minimum absolute atomic E-state index is 0.125. The van der Waals surface area contributed by atoms with Crippen LogP contribution in [0.3, 0.4) is 0 Å². The smallest absolute Gasteiger partial charge is 0.352 e. The molecule has 199 valence electrons. The van der Waals surface area contributed by atoms with Crippen LogP contribution in [0, 0.1) is 0 Å². The van der Waals surface area contributed by atoms with E-state index in [0.29, 0.717) is 24.2 Å². The summed E-state index contributed by atoms with van der Waals surface area (Å²) in [6.07, 6.45) is 8.14. The molecule has 8 heteroatoms. The van der Waals surface area contributed by atoms with Crippen molar-refractivity contribution in [3.63, 3.8) is 0 Å². The van der Waals surface area contributed by atoms with Crippen LogP contribution in [0.1, 0.15) is 98.2 Å². The molecule has 0 aliphatic carbocycles. The summed E-state index contributed by atoms with van der Waals surface area (Å²) in [5, 5.41) is 7.40. The molecule has 0 unspecified atom stereocenters. The van der Waals surface area contributed by atoms with Crippen molar-refractivity contribution in [1.29, 1.82) is 0 Å². The number of nitrogens with one attached hydrogen (secondary N) is 1. The van der Waals surface area contributed by atoms with Gasteiger partial charge in [0.2, 0.25) is 0 Å². The number of alkyl halides is 3. The van der Waals surface area contributed by atoms with Gasteiger partial charge in [0.1, 0.15) is 0 Å². The molecule has 2 aromatic rings. The fourth-order valence-corrected chi connectivity index (χ4v) is 5.38. The van der Waals surface area contributed by atoms with Crippen molar-refractivity contribution in [3.05, 3.63) is 67.6 Å². The Morgan fingerprint density at radius 1 is 0.861 bits per heavy atom.